The van der Waals surface area contributed by atoms with Gasteiger partial charge in [0.15, 0.2) is 5.78 Å². The number of hydrogen-bond acceptors (Lipinski definition) is 3. The summed E-state index contributed by atoms with van der Waals surface area (Å²) in [5.41, 5.74) is 2.41. The summed E-state index contributed by atoms with van der Waals surface area (Å²) in [7, 11) is 0. The minimum Gasteiger partial charge on any atom is -0.329 e. The Balaban J connectivity index is 1.86. The predicted octanol–water partition coefficient (Wildman–Crippen LogP) is 3.96. The highest BCUT2D eigenvalue weighted by Crippen LogP contribution is 2.37. The summed E-state index contributed by atoms with van der Waals surface area (Å²) in [4.78, 5) is 15.1. The molecule has 2 fully saturated rings. The van der Waals surface area contributed by atoms with Crippen molar-refractivity contribution in [1.29, 1.82) is 5.26 Å². The van der Waals surface area contributed by atoms with Gasteiger partial charge in [-0.2, -0.15) is 5.26 Å². The molecule has 0 amide bonds. The van der Waals surface area contributed by atoms with Crippen LogP contribution in [0.4, 0.5) is 0 Å². The maximum Gasteiger partial charge on any atom is 0.178 e. The van der Waals surface area contributed by atoms with E-state index in [1.807, 2.05) is 19.9 Å². The molecular formula is C20H29N3O. The molecule has 0 N–H and O–H groups in total. The van der Waals surface area contributed by atoms with Crippen LogP contribution in [0, 0.1) is 25.2 Å². The minimum atomic E-state index is -0.448. The molecule has 0 atom stereocenters. The molecule has 1 aromatic rings. The quantitative estimate of drug-likeness (QED) is 0.787. The Bertz CT molecular complexity index is 641. The van der Waals surface area contributed by atoms with Gasteiger partial charge in [-0.1, -0.05) is 25.7 Å². The first kappa shape index (κ1) is 17.2. The zero-order valence-corrected chi connectivity index (χ0v) is 15.1. The molecule has 1 aliphatic carbocycles. The van der Waals surface area contributed by atoms with Crippen molar-refractivity contribution in [1.82, 2.24) is 9.47 Å². The SMILES string of the molecule is Cc1cc(C(=O)CN2CCCCC2)c(C)n1C1(C#N)CCCCC1. The number of likely N-dealkylation sites (tertiary alicyclic amines) is 1. The average Bonchev–Trinajstić information content (AvgIpc) is 2.91. The summed E-state index contributed by atoms with van der Waals surface area (Å²) in [5, 5.41) is 9.89. The van der Waals surface area contributed by atoms with Crippen LogP contribution in [0.2, 0.25) is 0 Å². The lowest BCUT2D eigenvalue weighted by atomic mass is 9.82. The monoisotopic (exact) mass is 327 g/mol. The van der Waals surface area contributed by atoms with Crippen molar-refractivity contribution in [3.05, 3.63) is 23.0 Å². The van der Waals surface area contributed by atoms with Crippen LogP contribution in [-0.4, -0.2) is 34.9 Å². The Morgan fingerprint density at radius 2 is 1.75 bits per heavy atom. The minimum absolute atomic E-state index is 0.208. The molecule has 4 heteroatoms. The molecule has 0 aromatic carbocycles. The fraction of sp³-hybridized carbons (Fsp3) is 0.700. The summed E-state index contributed by atoms with van der Waals surface area (Å²) < 4.78 is 2.16. The number of carbonyl (C=O) groups is 1. The molecule has 1 aliphatic heterocycles. The van der Waals surface area contributed by atoms with Gasteiger partial charge in [0.1, 0.15) is 5.54 Å². The third-order valence-electron chi connectivity index (χ3n) is 5.86. The molecule has 2 heterocycles. The topological polar surface area (TPSA) is 49.0 Å². The standard InChI is InChI=1S/C20H29N3O/c1-16-13-18(19(24)14-22-11-7-4-8-12-22)17(2)23(16)20(15-21)9-5-3-6-10-20/h13H,3-12,14H2,1-2H3. The Kier molecular flexibility index (Phi) is 5.10. The lowest BCUT2D eigenvalue weighted by Crippen LogP contribution is -2.36. The van der Waals surface area contributed by atoms with Crippen molar-refractivity contribution in [3.63, 3.8) is 0 Å². The van der Waals surface area contributed by atoms with Gasteiger partial charge in [-0.15, -0.1) is 0 Å². The molecule has 2 aliphatic rings. The first-order valence-electron chi connectivity index (χ1n) is 9.44. The van der Waals surface area contributed by atoms with E-state index in [9.17, 15) is 10.1 Å². The summed E-state index contributed by atoms with van der Waals surface area (Å²) in [6.45, 7) is 6.64. The van der Waals surface area contributed by atoms with E-state index in [1.165, 1.54) is 25.7 Å². The second kappa shape index (κ2) is 7.11. The normalized spacial score (nSPS) is 21.4. The number of nitrogens with zero attached hydrogens (tertiary/aromatic N) is 3. The fourth-order valence-electron chi connectivity index (χ4n) is 4.63. The molecule has 0 radical (unpaired) electrons. The van der Waals surface area contributed by atoms with Crippen molar-refractivity contribution in [2.75, 3.05) is 19.6 Å². The highest BCUT2D eigenvalue weighted by atomic mass is 16.1. The lowest BCUT2D eigenvalue weighted by Gasteiger charge is -2.35. The average molecular weight is 327 g/mol. The Labute approximate surface area is 145 Å². The lowest BCUT2D eigenvalue weighted by molar-refractivity contribution is 0.0914. The van der Waals surface area contributed by atoms with Crippen molar-refractivity contribution in [3.8, 4) is 6.07 Å². The van der Waals surface area contributed by atoms with Crippen LogP contribution in [0.25, 0.3) is 0 Å². The second-order valence-electron chi connectivity index (χ2n) is 7.58. The van der Waals surface area contributed by atoms with E-state index in [0.717, 1.165) is 55.7 Å². The van der Waals surface area contributed by atoms with Gasteiger partial charge in [0.25, 0.3) is 0 Å². The predicted molar refractivity (Wildman–Crippen MR) is 95.2 cm³/mol. The van der Waals surface area contributed by atoms with E-state index in [2.05, 4.69) is 15.5 Å². The maximum atomic E-state index is 12.8. The molecule has 130 valence electrons. The number of nitriles is 1. The maximum absolute atomic E-state index is 12.8. The molecule has 0 unspecified atom stereocenters. The highest BCUT2D eigenvalue weighted by molar-refractivity contribution is 5.99. The largest absolute Gasteiger partial charge is 0.329 e. The van der Waals surface area contributed by atoms with Gasteiger partial charge in [-0.05, 0) is 58.7 Å². The van der Waals surface area contributed by atoms with Gasteiger partial charge in [-0.3, -0.25) is 9.69 Å². The number of aromatic nitrogens is 1. The zero-order valence-electron chi connectivity index (χ0n) is 15.1. The number of carbonyl (C=O) groups excluding carboxylic acids is 1. The number of piperidine rings is 1. The van der Waals surface area contributed by atoms with Gasteiger partial charge in [0.2, 0.25) is 0 Å². The van der Waals surface area contributed by atoms with Crippen LogP contribution in [0.15, 0.2) is 6.07 Å². The highest BCUT2D eigenvalue weighted by Gasteiger charge is 2.37. The van der Waals surface area contributed by atoms with E-state index in [1.54, 1.807) is 0 Å². The van der Waals surface area contributed by atoms with Crippen LogP contribution in [0.3, 0.4) is 0 Å². The number of ketones is 1. The molecule has 24 heavy (non-hydrogen) atoms. The molecule has 0 bridgehead atoms. The van der Waals surface area contributed by atoms with Crippen LogP contribution in [-0.2, 0) is 5.54 Å². The van der Waals surface area contributed by atoms with E-state index >= 15 is 0 Å². The van der Waals surface area contributed by atoms with E-state index in [4.69, 9.17) is 0 Å². The number of Topliss-reactive ketones (excluding diaryl/α,β-unsaturated/α-hetero) is 1. The van der Waals surface area contributed by atoms with Gasteiger partial charge in [0.05, 0.1) is 12.6 Å². The van der Waals surface area contributed by atoms with Gasteiger partial charge < -0.3 is 4.57 Å². The first-order valence-corrected chi connectivity index (χ1v) is 9.44. The first-order chi connectivity index (χ1) is 11.6. The van der Waals surface area contributed by atoms with Crippen molar-refractivity contribution >= 4 is 5.78 Å². The molecule has 1 aromatic heterocycles. The molecule has 3 rings (SSSR count). The summed E-state index contributed by atoms with van der Waals surface area (Å²) in [5.74, 6) is 0.208. The molecule has 4 nitrogen and oxygen atoms in total. The van der Waals surface area contributed by atoms with Crippen LogP contribution >= 0.6 is 0 Å². The van der Waals surface area contributed by atoms with Crippen LogP contribution in [0.5, 0.6) is 0 Å². The van der Waals surface area contributed by atoms with E-state index in [0.29, 0.717) is 6.54 Å². The van der Waals surface area contributed by atoms with E-state index < -0.39 is 5.54 Å². The number of aryl methyl sites for hydroxylation is 1. The summed E-state index contributed by atoms with van der Waals surface area (Å²) in [6, 6.07) is 4.60. The Morgan fingerprint density at radius 3 is 2.38 bits per heavy atom. The van der Waals surface area contributed by atoms with Crippen molar-refractivity contribution < 1.29 is 4.79 Å². The van der Waals surface area contributed by atoms with Crippen molar-refractivity contribution in [2.24, 2.45) is 0 Å². The molecule has 1 saturated heterocycles. The van der Waals surface area contributed by atoms with Gasteiger partial charge in [-0.25, -0.2) is 0 Å². The van der Waals surface area contributed by atoms with Gasteiger partial charge in [0, 0.05) is 17.0 Å². The van der Waals surface area contributed by atoms with Crippen LogP contribution in [0.1, 0.15) is 73.1 Å². The van der Waals surface area contributed by atoms with Crippen molar-refractivity contribution in [2.45, 2.75) is 70.8 Å². The smallest absolute Gasteiger partial charge is 0.178 e. The molecular weight excluding hydrogens is 298 g/mol. The second-order valence-corrected chi connectivity index (χ2v) is 7.58. The molecule has 1 saturated carbocycles. The zero-order chi connectivity index (χ0) is 17.2. The number of rotatable bonds is 4. The van der Waals surface area contributed by atoms with Gasteiger partial charge >= 0.3 is 0 Å². The Hall–Kier alpha value is -1.60. The van der Waals surface area contributed by atoms with E-state index in [-0.39, 0.29) is 5.78 Å². The third kappa shape index (κ3) is 3.15. The fourth-order valence-corrected chi connectivity index (χ4v) is 4.63. The summed E-state index contributed by atoms with van der Waals surface area (Å²) >= 11 is 0. The number of hydrogen-bond donors (Lipinski definition) is 0. The summed E-state index contributed by atoms with van der Waals surface area (Å²) in [6.07, 6.45) is 8.89. The molecule has 0 spiro atoms. The Morgan fingerprint density at radius 1 is 1.12 bits per heavy atom. The third-order valence-corrected chi connectivity index (χ3v) is 5.86. The van der Waals surface area contributed by atoms with Crippen LogP contribution < -0.4 is 0 Å².